The van der Waals surface area contributed by atoms with Crippen LogP contribution in [0, 0.1) is 11.8 Å². The number of nitrogens with one attached hydrogen (secondary N) is 1. The number of rotatable bonds is 18. The van der Waals surface area contributed by atoms with Crippen molar-refractivity contribution in [1.29, 1.82) is 0 Å². The normalized spacial score (nSPS) is 15.5. The second-order valence-corrected chi connectivity index (χ2v) is 12.8. The maximum absolute atomic E-state index is 14.3. The SMILES string of the molecule is CCCCCC/C(OC=O)=C(\Cc1ccc(-c2ccccc2)cc1)C(=O)N(C)C(CC(C)C)C(=O)NC(C=O)C1CCCCC1. The Balaban J connectivity index is 1.92. The second kappa shape index (κ2) is 18.9. The molecular formula is C38H52N2O5. The average molecular weight is 617 g/mol. The number of ether oxygens (including phenoxy) is 1. The lowest BCUT2D eigenvalue weighted by atomic mass is 9.84. The first kappa shape index (κ1) is 35.7. The highest BCUT2D eigenvalue weighted by molar-refractivity contribution is 5.98. The van der Waals surface area contributed by atoms with Crippen molar-refractivity contribution in [2.24, 2.45) is 11.8 Å². The van der Waals surface area contributed by atoms with Crippen LogP contribution in [0.5, 0.6) is 0 Å². The molecule has 1 aliphatic carbocycles. The van der Waals surface area contributed by atoms with Crippen LogP contribution < -0.4 is 5.32 Å². The van der Waals surface area contributed by atoms with Crippen molar-refractivity contribution < 1.29 is 23.9 Å². The van der Waals surface area contributed by atoms with Gasteiger partial charge in [0.1, 0.15) is 18.1 Å². The van der Waals surface area contributed by atoms with E-state index in [4.69, 9.17) is 4.74 Å². The number of benzene rings is 2. The van der Waals surface area contributed by atoms with Crippen molar-refractivity contribution >= 4 is 24.6 Å². The van der Waals surface area contributed by atoms with E-state index >= 15 is 0 Å². The zero-order valence-corrected chi connectivity index (χ0v) is 27.6. The van der Waals surface area contributed by atoms with Crippen molar-refractivity contribution in [3.8, 4) is 11.1 Å². The van der Waals surface area contributed by atoms with E-state index in [1.807, 2.05) is 56.3 Å². The average Bonchev–Trinajstić information content (AvgIpc) is 3.06. The van der Waals surface area contributed by atoms with Crippen LogP contribution >= 0.6 is 0 Å². The predicted molar refractivity (Wildman–Crippen MR) is 179 cm³/mol. The minimum absolute atomic E-state index is 0.117. The number of unbranched alkanes of at least 4 members (excludes halogenated alkanes) is 3. The Morgan fingerprint density at radius 2 is 1.60 bits per heavy atom. The largest absolute Gasteiger partial charge is 0.433 e. The van der Waals surface area contributed by atoms with Crippen molar-refractivity contribution in [1.82, 2.24) is 10.2 Å². The molecule has 2 unspecified atom stereocenters. The highest BCUT2D eigenvalue weighted by Crippen LogP contribution is 2.28. The third-order valence-corrected chi connectivity index (χ3v) is 8.88. The third kappa shape index (κ3) is 11.0. The number of amides is 2. The molecule has 1 N–H and O–H groups in total. The molecule has 0 bridgehead atoms. The number of nitrogens with zero attached hydrogens (tertiary/aromatic N) is 1. The van der Waals surface area contributed by atoms with Gasteiger partial charge in [0.2, 0.25) is 5.91 Å². The van der Waals surface area contributed by atoms with E-state index in [2.05, 4.69) is 24.4 Å². The summed E-state index contributed by atoms with van der Waals surface area (Å²) in [6.45, 7) is 6.54. The highest BCUT2D eigenvalue weighted by atomic mass is 16.5. The molecule has 1 saturated carbocycles. The van der Waals surface area contributed by atoms with Gasteiger partial charge in [0.15, 0.2) is 0 Å². The fraction of sp³-hybridized carbons (Fsp3) is 0.526. The molecule has 0 saturated heterocycles. The first-order chi connectivity index (χ1) is 21.8. The van der Waals surface area contributed by atoms with E-state index in [0.717, 1.165) is 80.8 Å². The summed E-state index contributed by atoms with van der Waals surface area (Å²) in [4.78, 5) is 53.3. The van der Waals surface area contributed by atoms with E-state index in [1.165, 1.54) is 4.90 Å². The van der Waals surface area contributed by atoms with Crippen LogP contribution in [0.15, 0.2) is 65.9 Å². The Kier molecular flexibility index (Phi) is 15.0. The van der Waals surface area contributed by atoms with Gasteiger partial charge in [-0.3, -0.25) is 14.4 Å². The number of likely N-dealkylation sites (N-methyl/N-ethyl adjacent to an activating group) is 1. The quantitative estimate of drug-likeness (QED) is 0.0814. The van der Waals surface area contributed by atoms with Crippen LogP contribution in [0.3, 0.4) is 0 Å². The summed E-state index contributed by atoms with van der Waals surface area (Å²) in [6.07, 6.45) is 10.9. The van der Waals surface area contributed by atoms with Crippen molar-refractivity contribution in [2.45, 2.75) is 110 Å². The molecule has 244 valence electrons. The molecule has 2 atom stereocenters. The fourth-order valence-electron chi connectivity index (χ4n) is 6.25. The standard InChI is InChI=1S/C38H52N2O5/c1-5-6-7-14-19-36(45-27-42)33(25-29-20-22-31(23-21-29)30-15-10-8-11-16-30)38(44)40(4)35(24-28(2)3)37(43)39-34(26-41)32-17-12-9-13-18-32/h8,10-11,15-16,20-23,26-28,32,34-35H,5-7,9,12-14,17-19,24-25H2,1-4H3,(H,39,43)/b36-33-. The summed E-state index contributed by atoms with van der Waals surface area (Å²) in [5, 5.41) is 2.99. The molecule has 1 aliphatic rings. The van der Waals surface area contributed by atoms with Crippen LogP contribution in [-0.2, 0) is 30.3 Å². The minimum Gasteiger partial charge on any atom is -0.433 e. The molecule has 0 radical (unpaired) electrons. The molecule has 2 amide bonds. The summed E-state index contributed by atoms with van der Waals surface area (Å²) in [6, 6.07) is 16.8. The fourth-order valence-corrected chi connectivity index (χ4v) is 6.25. The maximum Gasteiger partial charge on any atom is 0.298 e. The molecule has 7 nitrogen and oxygen atoms in total. The van der Waals surface area contributed by atoms with Crippen molar-refractivity contribution in [3.63, 3.8) is 0 Å². The topological polar surface area (TPSA) is 92.8 Å². The maximum atomic E-state index is 14.3. The molecule has 0 spiro atoms. The molecule has 7 heteroatoms. The van der Waals surface area contributed by atoms with Gasteiger partial charge in [0, 0.05) is 19.9 Å². The Labute approximate surface area is 269 Å². The van der Waals surface area contributed by atoms with Gasteiger partial charge in [-0.1, -0.05) is 114 Å². The summed E-state index contributed by atoms with van der Waals surface area (Å²) in [5.41, 5.74) is 3.43. The zero-order chi connectivity index (χ0) is 32.6. The Morgan fingerprint density at radius 3 is 2.20 bits per heavy atom. The molecular weight excluding hydrogens is 564 g/mol. The van der Waals surface area contributed by atoms with Gasteiger partial charge in [0.25, 0.3) is 12.4 Å². The van der Waals surface area contributed by atoms with E-state index in [-0.39, 0.29) is 30.1 Å². The van der Waals surface area contributed by atoms with E-state index < -0.39 is 12.1 Å². The molecule has 45 heavy (non-hydrogen) atoms. The molecule has 2 aromatic rings. The van der Waals surface area contributed by atoms with Gasteiger partial charge < -0.3 is 19.7 Å². The van der Waals surface area contributed by atoms with Gasteiger partial charge >= 0.3 is 0 Å². The van der Waals surface area contributed by atoms with Crippen LogP contribution in [0.4, 0.5) is 0 Å². The molecule has 0 aliphatic heterocycles. The Hall–Kier alpha value is -3.74. The minimum atomic E-state index is -0.781. The Bertz CT molecular complexity index is 1250. The number of carbonyl (C=O) groups excluding carboxylic acids is 4. The van der Waals surface area contributed by atoms with Crippen molar-refractivity contribution in [2.75, 3.05) is 7.05 Å². The molecule has 3 rings (SSSR count). The van der Waals surface area contributed by atoms with Crippen LogP contribution in [0.1, 0.15) is 97.0 Å². The highest BCUT2D eigenvalue weighted by Gasteiger charge is 2.34. The van der Waals surface area contributed by atoms with E-state index in [9.17, 15) is 19.2 Å². The Morgan fingerprint density at radius 1 is 0.933 bits per heavy atom. The monoisotopic (exact) mass is 616 g/mol. The lowest BCUT2D eigenvalue weighted by Crippen LogP contribution is -2.53. The zero-order valence-electron chi connectivity index (χ0n) is 27.6. The van der Waals surface area contributed by atoms with Gasteiger partial charge in [-0.05, 0) is 54.2 Å². The molecule has 1 fully saturated rings. The number of allylic oxidation sites excluding steroid dienone is 1. The second-order valence-electron chi connectivity index (χ2n) is 12.8. The predicted octanol–water partition coefficient (Wildman–Crippen LogP) is 7.43. The van der Waals surface area contributed by atoms with Gasteiger partial charge in [-0.25, -0.2) is 0 Å². The number of carbonyl (C=O) groups is 4. The molecule has 0 heterocycles. The van der Waals surface area contributed by atoms with E-state index in [0.29, 0.717) is 30.6 Å². The molecule has 2 aromatic carbocycles. The lowest BCUT2D eigenvalue weighted by molar-refractivity contribution is -0.138. The van der Waals surface area contributed by atoms with Crippen LogP contribution in [0.25, 0.3) is 11.1 Å². The van der Waals surface area contributed by atoms with Gasteiger partial charge in [-0.2, -0.15) is 0 Å². The number of hydrogen-bond acceptors (Lipinski definition) is 5. The van der Waals surface area contributed by atoms with Gasteiger partial charge in [-0.15, -0.1) is 0 Å². The van der Waals surface area contributed by atoms with Gasteiger partial charge in [0.05, 0.1) is 11.6 Å². The smallest absolute Gasteiger partial charge is 0.298 e. The van der Waals surface area contributed by atoms with E-state index in [1.54, 1.807) is 7.05 Å². The summed E-state index contributed by atoms with van der Waals surface area (Å²) >= 11 is 0. The summed E-state index contributed by atoms with van der Waals surface area (Å²) < 4.78 is 5.51. The number of hydrogen-bond donors (Lipinski definition) is 1. The molecule has 0 aromatic heterocycles. The summed E-state index contributed by atoms with van der Waals surface area (Å²) in [5.74, 6) is -0.0871. The first-order valence-electron chi connectivity index (χ1n) is 16.8. The number of aldehydes is 1. The van der Waals surface area contributed by atoms with Crippen LogP contribution in [0.2, 0.25) is 0 Å². The summed E-state index contributed by atoms with van der Waals surface area (Å²) in [7, 11) is 1.64. The van der Waals surface area contributed by atoms with Crippen LogP contribution in [-0.4, -0.2) is 48.6 Å². The lowest BCUT2D eigenvalue weighted by Gasteiger charge is -2.33. The first-order valence-corrected chi connectivity index (χ1v) is 16.8. The third-order valence-electron chi connectivity index (χ3n) is 8.88. The van der Waals surface area contributed by atoms with Crippen molar-refractivity contribution in [3.05, 3.63) is 71.5 Å².